The lowest BCUT2D eigenvalue weighted by atomic mass is 10.7. The van der Waals surface area contributed by atoms with Gasteiger partial charge in [0.1, 0.15) is 0 Å². The number of rotatable bonds is 4. The zero-order chi connectivity index (χ0) is 10.8. The predicted octanol–water partition coefficient (Wildman–Crippen LogP) is 0.850. The zero-order valence-electron chi connectivity index (χ0n) is 7.69. The molecule has 0 atom stereocenters. The Bertz CT molecular complexity index is 261. The monoisotopic (exact) mass is 198 g/mol. The van der Waals surface area contributed by atoms with Gasteiger partial charge in [-0.1, -0.05) is 12.0 Å². The van der Waals surface area contributed by atoms with E-state index >= 15 is 0 Å². The maximum Gasteiger partial charge on any atom is 0.513 e. The van der Waals surface area contributed by atoms with Crippen LogP contribution in [0.1, 0.15) is 6.92 Å². The summed E-state index contributed by atoms with van der Waals surface area (Å²) in [6, 6.07) is 0. The van der Waals surface area contributed by atoms with Crippen molar-refractivity contribution < 1.29 is 23.8 Å². The fourth-order valence-corrected chi connectivity index (χ4v) is 0.439. The predicted molar refractivity (Wildman–Crippen MR) is 47.0 cm³/mol. The molecule has 0 amide bonds. The molecule has 0 aliphatic heterocycles. The maximum atomic E-state index is 10.7. The molecule has 0 spiro atoms. The first-order chi connectivity index (χ1) is 6.70. The van der Waals surface area contributed by atoms with E-state index in [1.807, 2.05) is 0 Å². The number of carbonyl (C=O) groups is 2. The molecule has 0 saturated carbocycles. The number of allylic oxidation sites excluding steroid dienone is 1. The molecule has 0 radical (unpaired) electrons. The molecular weight excluding hydrogens is 188 g/mol. The van der Waals surface area contributed by atoms with Gasteiger partial charge in [0.25, 0.3) is 0 Å². The van der Waals surface area contributed by atoms with Crippen LogP contribution in [0.3, 0.4) is 0 Å². The number of hydrogen-bond acceptors (Lipinski definition) is 5. The highest BCUT2D eigenvalue weighted by Crippen LogP contribution is 1.88. The summed E-state index contributed by atoms with van der Waals surface area (Å²) in [5, 5.41) is 0. The van der Waals surface area contributed by atoms with Gasteiger partial charge in [0.2, 0.25) is 0 Å². The van der Waals surface area contributed by atoms with Gasteiger partial charge in [-0.05, 0) is 6.92 Å². The van der Waals surface area contributed by atoms with Gasteiger partial charge in [-0.25, -0.2) is 9.59 Å². The molecule has 0 saturated heterocycles. The fourth-order valence-electron chi connectivity index (χ4n) is 0.439. The first-order valence-electron chi connectivity index (χ1n) is 3.74. The molecule has 0 aliphatic rings. The molecule has 5 nitrogen and oxygen atoms in total. The van der Waals surface area contributed by atoms with Crippen LogP contribution in [0.5, 0.6) is 0 Å². The summed E-state index contributed by atoms with van der Waals surface area (Å²) in [5.41, 5.74) is 0. The van der Waals surface area contributed by atoms with Crippen molar-refractivity contribution >= 4 is 12.1 Å². The third-order valence-electron chi connectivity index (χ3n) is 0.925. The highest BCUT2D eigenvalue weighted by Gasteiger charge is 2.07. The van der Waals surface area contributed by atoms with E-state index in [1.54, 1.807) is 6.92 Å². The van der Waals surface area contributed by atoms with E-state index in [9.17, 15) is 9.59 Å². The summed E-state index contributed by atoms with van der Waals surface area (Å²) in [5.74, 6) is 1.37. The second kappa shape index (κ2) is 7.68. The maximum absolute atomic E-state index is 10.7. The van der Waals surface area contributed by atoms with Gasteiger partial charge in [0.15, 0.2) is 13.2 Å². The Morgan fingerprint density at radius 2 is 2.14 bits per heavy atom. The molecule has 76 valence electrons. The van der Waals surface area contributed by atoms with Crippen LogP contribution in [0.2, 0.25) is 0 Å². The average molecular weight is 198 g/mol. The molecule has 0 aromatic carbocycles. The van der Waals surface area contributed by atoms with Crippen LogP contribution in [0.15, 0.2) is 12.3 Å². The van der Waals surface area contributed by atoms with Gasteiger partial charge >= 0.3 is 12.1 Å². The SMILES string of the molecule is C#CCOC(=O)COC(=O)OC=CC. The highest BCUT2D eigenvalue weighted by molar-refractivity contribution is 5.73. The summed E-state index contributed by atoms with van der Waals surface area (Å²) in [4.78, 5) is 21.3. The lowest BCUT2D eigenvalue weighted by molar-refractivity contribution is -0.146. The molecule has 0 heterocycles. The highest BCUT2D eigenvalue weighted by atomic mass is 16.7. The Morgan fingerprint density at radius 3 is 2.71 bits per heavy atom. The minimum absolute atomic E-state index is 0.147. The first kappa shape index (κ1) is 12.0. The molecule has 0 aliphatic carbocycles. The average Bonchev–Trinajstić information content (AvgIpc) is 2.20. The standard InChI is InChI=1S/C9H10O5/c1-3-5-12-8(10)7-14-9(11)13-6-4-2/h1,4,6H,5,7H2,2H3. The number of ether oxygens (including phenoxy) is 3. The molecule has 0 bridgehead atoms. The van der Waals surface area contributed by atoms with E-state index < -0.39 is 18.7 Å². The van der Waals surface area contributed by atoms with Crippen molar-refractivity contribution in [2.45, 2.75) is 6.92 Å². The molecule has 0 fully saturated rings. The van der Waals surface area contributed by atoms with Gasteiger partial charge in [0.05, 0.1) is 6.26 Å². The number of carbonyl (C=O) groups excluding carboxylic acids is 2. The van der Waals surface area contributed by atoms with Crippen LogP contribution >= 0.6 is 0 Å². The third kappa shape index (κ3) is 6.73. The van der Waals surface area contributed by atoms with Crippen LogP contribution in [-0.2, 0) is 19.0 Å². The van der Waals surface area contributed by atoms with E-state index in [0.717, 1.165) is 6.26 Å². The fraction of sp³-hybridized carbons (Fsp3) is 0.333. The molecule has 0 aromatic rings. The second-order valence-electron chi connectivity index (χ2n) is 1.99. The number of esters is 1. The van der Waals surface area contributed by atoms with Crippen molar-refractivity contribution in [2.75, 3.05) is 13.2 Å². The smallest absolute Gasteiger partial charge is 0.450 e. The van der Waals surface area contributed by atoms with Gasteiger partial charge in [0, 0.05) is 0 Å². The Labute approximate surface area is 81.6 Å². The number of terminal acetylenes is 1. The van der Waals surface area contributed by atoms with Gasteiger partial charge in [-0.3, -0.25) is 0 Å². The summed E-state index contributed by atoms with van der Waals surface area (Å²) in [7, 11) is 0. The summed E-state index contributed by atoms with van der Waals surface area (Å²) >= 11 is 0. The lowest BCUT2D eigenvalue weighted by Gasteiger charge is -2.01. The lowest BCUT2D eigenvalue weighted by Crippen LogP contribution is -2.16. The largest absolute Gasteiger partial charge is 0.513 e. The van der Waals surface area contributed by atoms with Crippen LogP contribution in [0.25, 0.3) is 0 Å². The van der Waals surface area contributed by atoms with E-state index in [0.29, 0.717) is 0 Å². The van der Waals surface area contributed by atoms with Gasteiger partial charge < -0.3 is 14.2 Å². The van der Waals surface area contributed by atoms with Crippen molar-refractivity contribution in [3.63, 3.8) is 0 Å². The van der Waals surface area contributed by atoms with E-state index in [1.165, 1.54) is 6.08 Å². The van der Waals surface area contributed by atoms with Gasteiger partial charge in [-0.15, -0.1) is 6.42 Å². The van der Waals surface area contributed by atoms with Crippen molar-refractivity contribution in [1.82, 2.24) is 0 Å². The molecule has 14 heavy (non-hydrogen) atoms. The van der Waals surface area contributed by atoms with Crippen molar-refractivity contribution in [1.29, 1.82) is 0 Å². The normalized spacial score (nSPS) is 9.14. The Hall–Kier alpha value is -1.96. The summed E-state index contributed by atoms with van der Waals surface area (Å²) in [6.45, 7) is 0.999. The van der Waals surface area contributed by atoms with Crippen LogP contribution < -0.4 is 0 Å². The van der Waals surface area contributed by atoms with Crippen LogP contribution in [0.4, 0.5) is 4.79 Å². The third-order valence-corrected chi connectivity index (χ3v) is 0.925. The molecule has 0 rings (SSSR count). The Kier molecular flexibility index (Phi) is 6.60. The molecule has 5 heteroatoms. The molecular formula is C9H10O5. The Balaban J connectivity index is 3.57. The molecule has 0 N–H and O–H groups in total. The first-order valence-corrected chi connectivity index (χ1v) is 3.74. The quantitative estimate of drug-likeness (QED) is 0.380. The number of hydrogen-bond donors (Lipinski definition) is 0. The Morgan fingerprint density at radius 1 is 1.43 bits per heavy atom. The minimum Gasteiger partial charge on any atom is -0.450 e. The van der Waals surface area contributed by atoms with E-state index in [2.05, 4.69) is 20.1 Å². The van der Waals surface area contributed by atoms with Crippen molar-refractivity contribution in [3.05, 3.63) is 12.3 Å². The van der Waals surface area contributed by atoms with Crippen molar-refractivity contribution in [3.8, 4) is 12.3 Å². The topological polar surface area (TPSA) is 61.8 Å². The summed E-state index contributed by atoms with van der Waals surface area (Å²) < 4.78 is 13.1. The molecule has 0 unspecified atom stereocenters. The second-order valence-corrected chi connectivity index (χ2v) is 1.99. The van der Waals surface area contributed by atoms with Crippen LogP contribution in [-0.4, -0.2) is 25.3 Å². The minimum atomic E-state index is -0.972. The molecule has 0 aromatic heterocycles. The van der Waals surface area contributed by atoms with E-state index in [4.69, 9.17) is 6.42 Å². The summed E-state index contributed by atoms with van der Waals surface area (Å²) in [6.07, 6.45) is 6.49. The van der Waals surface area contributed by atoms with E-state index in [-0.39, 0.29) is 6.61 Å². The zero-order valence-corrected chi connectivity index (χ0v) is 7.69. The van der Waals surface area contributed by atoms with Gasteiger partial charge in [-0.2, -0.15) is 0 Å². The van der Waals surface area contributed by atoms with Crippen LogP contribution in [0, 0.1) is 12.3 Å². The van der Waals surface area contributed by atoms with Crippen molar-refractivity contribution in [2.24, 2.45) is 0 Å².